The molecule has 42 nitrogen and oxygen atoms in total. The zero-order valence-corrected chi connectivity index (χ0v) is 67.8. The molecule has 7 rings (SSSR count). The Morgan fingerprint density at radius 1 is 0.567 bits per heavy atom. The second kappa shape index (κ2) is 46.6. The third-order valence-electron chi connectivity index (χ3n) is 21.5. The largest absolute Gasteiger partial charge is 0.370 e. The number of nitrogens with one attached hydrogen (secondary N) is 20. The van der Waals surface area contributed by atoms with E-state index in [2.05, 4.69) is 84.7 Å². The van der Waals surface area contributed by atoms with Crippen molar-refractivity contribution in [3.05, 3.63) is 71.7 Å². The van der Waals surface area contributed by atoms with Gasteiger partial charge in [-0.2, -0.15) is 0 Å². The fourth-order valence-electron chi connectivity index (χ4n) is 15.0. The van der Waals surface area contributed by atoms with Gasteiger partial charge in [0.05, 0.1) is 0 Å². The maximum absolute atomic E-state index is 15.6. The van der Waals surface area contributed by atoms with Crippen LogP contribution in [0.4, 0.5) is 4.39 Å². The third-order valence-corrected chi connectivity index (χ3v) is 21.5. The van der Waals surface area contributed by atoms with Gasteiger partial charge in [0.2, 0.25) is 82.7 Å². The van der Waals surface area contributed by atoms with Crippen molar-refractivity contribution >= 4 is 117 Å². The smallest absolute Gasteiger partial charge is 0.246 e. The van der Waals surface area contributed by atoms with Crippen LogP contribution in [0.5, 0.6) is 0 Å². The van der Waals surface area contributed by atoms with E-state index in [9.17, 15) is 43.2 Å². The lowest BCUT2D eigenvalue weighted by Gasteiger charge is -2.43. The SMILES string of the molecule is CC(=O)N[C@@H](C)C(=O)N[C@@H](CCCNC(=N)N)C(=O)N[C@@H](Cc1c[nH]c2ccccc12)C(=O)N[C@H]1CCCC[C@@H](C(=O)N2CCC[C@H]2C(=O)N[C@@H](CCCN)C(=O)N[C@@H](CCCNC(=N)N)C(=O)N[C@@H](CCCNC(=N)N)C(=O)N[C@@H](CCCNC(=N)N)C(N)=O)NC(=O)C2(CCC2)NC(=O)[C@@H]2CCCN2C(=O)[C@H](Cc2cccc(F)c2)NC1=O. The Labute approximate surface area is 693 Å². The minimum Gasteiger partial charge on any atom is -0.370 e. The summed E-state index contributed by atoms with van der Waals surface area (Å²) in [6.07, 6.45) is 2.40. The number of likely N-dealkylation sites (tertiary alicyclic amines) is 1. The molecule has 120 heavy (non-hydrogen) atoms. The number of aromatic nitrogens is 1. The lowest BCUT2D eigenvalue weighted by atomic mass is 9.75. The number of guanidine groups is 4. The Kier molecular flexibility index (Phi) is 36.8. The second-order valence-corrected chi connectivity index (χ2v) is 30.7. The molecule has 1 spiro atoms. The molecule has 4 fully saturated rings. The highest BCUT2D eigenvalue weighted by atomic mass is 19.1. The first-order valence-corrected chi connectivity index (χ1v) is 40.7. The first-order valence-electron chi connectivity index (χ1n) is 40.7. The number of rotatable bonds is 40. The Hall–Kier alpha value is -12.5. The fourth-order valence-corrected chi connectivity index (χ4v) is 15.0. The summed E-state index contributed by atoms with van der Waals surface area (Å²) in [5.41, 5.74) is 33.5. The van der Waals surface area contributed by atoms with Crippen molar-refractivity contribution in [3.63, 3.8) is 0 Å². The highest BCUT2D eigenvalue weighted by Gasteiger charge is 2.50. The summed E-state index contributed by atoms with van der Waals surface area (Å²) in [6.45, 7) is 2.97. The monoisotopic (exact) mass is 1680 g/mol. The molecular weight excluding hydrogens is 1560 g/mol. The summed E-state index contributed by atoms with van der Waals surface area (Å²) in [7, 11) is 0. The molecule has 1 aromatic heterocycles. The van der Waals surface area contributed by atoms with Crippen LogP contribution >= 0.6 is 0 Å². The maximum Gasteiger partial charge on any atom is 0.246 e. The van der Waals surface area contributed by atoms with Crippen LogP contribution in [0.25, 0.3) is 10.9 Å². The molecule has 2 aromatic carbocycles. The Bertz CT molecular complexity index is 4180. The van der Waals surface area contributed by atoms with E-state index in [0.29, 0.717) is 29.3 Å². The number of carbonyl (C=O) groups excluding carboxylic acids is 14. The minimum atomic E-state index is -1.59. The van der Waals surface area contributed by atoms with Crippen LogP contribution in [0.1, 0.15) is 160 Å². The second-order valence-electron chi connectivity index (χ2n) is 30.7. The first-order chi connectivity index (χ1) is 57.2. The topological polar surface area (TPSA) is 693 Å². The number of hydrogen-bond donors (Lipinski definition) is 26. The van der Waals surface area contributed by atoms with Crippen molar-refractivity contribution in [1.29, 1.82) is 21.6 Å². The highest BCUT2D eigenvalue weighted by Crippen LogP contribution is 2.34. The third kappa shape index (κ3) is 29.0. The van der Waals surface area contributed by atoms with E-state index in [1.54, 1.807) is 36.5 Å². The van der Waals surface area contributed by atoms with Crippen molar-refractivity contribution in [1.82, 2.24) is 94.5 Å². The van der Waals surface area contributed by atoms with Crippen molar-refractivity contribution in [2.45, 2.75) is 240 Å². The van der Waals surface area contributed by atoms with E-state index in [-0.39, 0.29) is 204 Å². The molecule has 658 valence electrons. The van der Waals surface area contributed by atoms with E-state index in [1.807, 2.05) is 0 Å². The molecule has 4 heterocycles. The van der Waals surface area contributed by atoms with Gasteiger partial charge in [0.15, 0.2) is 23.8 Å². The van der Waals surface area contributed by atoms with Gasteiger partial charge in [-0.05, 0) is 165 Å². The van der Waals surface area contributed by atoms with Gasteiger partial charge in [0.25, 0.3) is 0 Å². The maximum atomic E-state index is 15.6. The fraction of sp³-hybridized carbons (Fsp3) is 0.584. The number of nitrogens with zero attached hydrogens (tertiary/aromatic N) is 2. The molecule has 3 aromatic rings. The van der Waals surface area contributed by atoms with Gasteiger partial charge in [-0.3, -0.25) is 88.8 Å². The summed E-state index contributed by atoms with van der Waals surface area (Å²) in [5.74, 6) is -13.4. The van der Waals surface area contributed by atoms with E-state index in [4.69, 9.17) is 56.0 Å². The molecule has 12 atom stereocenters. The molecule has 3 saturated heterocycles. The average molecular weight is 1680 g/mol. The van der Waals surface area contributed by atoms with E-state index >= 15 is 28.4 Å². The Morgan fingerprint density at radius 2 is 1.09 bits per heavy atom. The number of aromatic amines is 1. The predicted molar refractivity (Wildman–Crippen MR) is 440 cm³/mol. The summed E-state index contributed by atoms with van der Waals surface area (Å²) < 4.78 is 15.0. The lowest BCUT2D eigenvalue weighted by Crippen LogP contribution is -2.67. The molecule has 0 radical (unpaired) electrons. The van der Waals surface area contributed by atoms with Crippen LogP contribution in [-0.4, -0.2) is 245 Å². The number of para-hydroxylation sites is 1. The van der Waals surface area contributed by atoms with Crippen molar-refractivity contribution in [2.24, 2.45) is 34.4 Å². The van der Waals surface area contributed by atoms with Crippen LogP contribution in [0, 0.1) is 27.5 Å². The number of benzene rings is 2. The zero-order valence-electron chi connectivity index (χ0n) is 67.8. The number of fused-ring (bicyclic) bond motifs is 2. The summed E-state index contributed by atoms with van der Waals surface area (Å²) in [5, 5.41) is 71.6. The van der Waals surface area contributed by atoms with Gasteiger partial charge in [-0.25, -0.2) is 4.39 Å². The molecule has 14 amide bonds. The van der Waals surface area contributed by atoms with Crippen molar-refractivity contribution in [2.75, 3.05) is 45.8 Å². The van der Waals surface area contributed by atoms with Gasteiger partial charge < -0.3 is 129 Å². The highest BCUT2D eigenvalue weighted by molar-refractivity contribution is 6.02. The van der Waals surface area contributed by atoms with E-state index in [1.165, 1.54) is 41.8 Å². The van der Waals surface area contributed by atoms with Crippen LogP contribution in [-0.2, 0) is 80.0 Å². The first kappa shape index (κ1) is 94.7. The standard InChI is InChI=1S/C77H119FN28O14/c1-42(94-43(2)107)61(109)96-52(24-10-33-90-74(83)84)65(113)101-56(40-45-41-93-48-19-4-3-18-47(45)48)67(115)99-50-20-5-6-21-55(103-72(120)77(29-15-30-77)104-69(117)59-28-14-37-106(59)71(119)57(102-66(50)114)39-44-16-7-17-46(78)38-44)70(118)105-36-13-27-58(105)68(116)100-51(22-8-31-79)63(111)98-54(26-12-35-92-76(87)88)64(112)97-53(25-11-34-91-75(85)86)62(110)95-49(60(80)108)23-9-32-89-73(81)82/h3-4,7,16-19,38,41-42,49-59,93H,5-6,8-15,20-37,39-40,79H2,1-2H3,(H2,80,108)(H,94,107)(H,95,110)(H,96,109)(H,97,112)(H,98,111)(H,99,115)(H,100,116)(H,101,113)(H,102,114)(H,103,120)(H,104,117)(H4,81,82,89)(H4,83,84,90)(H4,85,86,91)(H4,87,88,92)/t42-,49-,50-,51-,52-,53-,54-,55-,56-,57-,58-,59-/m0/s1. The number of hydrogen-bond acceptors (Lipinski definition) is 19. The Balaban J connectivity index is 1.20. The van der Waals surface area contributed by atoms with Gasteiger partial charge in [0.1, 0.15) is 83.9 Å². The summed E-state index contributed by atoms with van der Waals surface area (Å²) >= 11 is 0. The van der Waals surface area contributed by atoms with Gasteiger partial charge in [0, 0.05) is 76.1 Å². The molecule has 0 unspecified atom stereocenters. The number of nitrogens with two attached hydrogens (primary N) is 6. The lowest BCUT2D eigenvalue weighted by molar-refractivity contribution is -0.146. The zero-order chi connectivity index (χ0) is 87.8. The number of carbonyl (C=O) groups is 14. The van der Waals surface area contributed by atoms with Gasteiger partial charge in [-0.1, -0.05) is 43.2 Å². The number of amides is 14. The molecule has 1 saturated carbocycles. The molecule has 3 aliphatic heterocycles. The summed E-state index contributed by atoms with van der Waals surface area (Å²) in [4.78, 5) is 209. The van der Waals surface area contributed by atoms with E-state index in [0.717, 1.165) is 0 Å². The van der Waals surface area contributed by atoms with Crippen LogP contribution in [0.2, 0.25) is 0 Å². The quantitative estimate of drug-likeness (QED) is 0.0144. The minimum absolute atomic E-state index is 0.00646. The molecule has 32 N–H and O–H groups in total. The molecule has 0 bridgehead atoms. The van der Waals surface area contributed by atoms with Gasteiger partial charge >= 0.3 is 0 Å². The normalized spacial score (nSPS) is 19.8. The summed E-state index contributed by atoms with van der Waals surface area (Å²) in [6, 6.07) is -4.16. The number of primary amides is 1. The Morgan fingerprint density at radius 3 is 1.63 bits per heavy atom. The van der Waals surface area contributed by atoms with Crippen LogP contribution in [0.15, 0.2) is 54.7 Å². The number of H-pyrrole nitrogens is 1. The molecular formula is C77H119FN28O14. The average Bonchev–Trinajstić information content (AvgIpc) is 1.18. The van der Waals surface area contributed by atoms with Crippen molar-refractivity contribution < 1.29 is 71.5 Å². The number of halogens is 1. The van der Waals surface area contributed by atoms with Crippen molar-refractivity contribution in [3.8, 4) is 0 Å². The van der Waals surface area contributed by atoms with E-state index < -0.39 is 173 Å². The molecule has 4 aliphatic rings. The molecule has 43 heteroatoms. The van der Waals surface area contributed by atoms with Crippen LogP contribution in [0.3, 0.4) is 0 Å². The van der Waals surface area contributed by atoms with Crippen LogP contribution < -0.4 is 114 Å². The molecule has 1 aliphatic carbocycles. The van der Waals surface area contributed by atoms with Gasteiger partial charge in [-0.15, -0.1) is 0 Å². The predicted octanol–water partition coefficient (Wildman–Crippen LogP) is -5.15.